The van der Waals surface area contributed by atoms with Gasteiger partial charge >= 0.3 is 0 Å². The number of rotatable bonds is 5. The summed E-state index contributed by atoms with van der Waals surface area (Å²) in [6, 6.07) is 0. The van der Waals surface area contributed by atoms with E-state index in [1.807, 2.05) is 0 Å². The summed E-state index contributed by atoms with van der Waals surface area (Å²) in [5.41, 5.74) is 0. The lowest BCUT2D eigenvalue weighted by Crippen LogP contribution is -1.75. The summed E-state index contributed by atoms with van der Waals surface area (Å²) < 4.78 is 0. The Morgan fingerprint density at radius 2 is 2.00 bits per heavy atom. The Bertz CT molecular complexity index is 67.0. The van der Waals surface area contributed by atoms with E-state index < -0.39 is 0 Å². The van der Waals surface area contributed by atoms with E-state index in [2.05, 4.69) is 31.7 Å². The first-order valence-electron chi connectivity index (χ1n) is 3.64. The molecular formula is C8H16S. The molecule has 0 N–H and O–H groups in total. The van der Waals surface area contributed by atoms with Gasteiger partial charge in [0.05, 0.1) is 0 Å². The van der Waals surface area contributed by atoms with E-state index in [4.69, 9.17) is 0 Å². The molecule has 0 fully saturated rings. The predicted molar refractivity (Wildman–Crippen MR) is 47.1 cm³/mol. The fourth-order valence-electron chi connectivity index (χ4n) is 0.717. The van der Waals surface area contributed by atoms with Gasteiger partial charge in [-0.2, -0.15) is 12.6 Å². The lowest BCUT2D eigenvalue weighted by atomic mass is 10.2. The topological polar surface area (TPSA) is 0 Å². The van der Waals surface area contributed by atoms with Crippen molar-refractivity contribution >= 4 is 12.6 Å². The van der Waals surface area contributed by atoms with Crippen molar-refractivity contribution in [3.63, 3.8) is 0 Å². The Balaban J connectivity index is 2.75. The van der Waals surface area contributed by atoms with E-state index in [0.29, 0.717) is 0 Å². The van der Waals surface area contributed by atoms with Crippen LogP contribution < -0.4 is 0 Å². The minimum atomic E-state index is 1.04. The molecular weight excluding hydrogens is 128 g/mol. The Morgan fingerprint density at radius 1 is 1.22 bits per heavy atom. The smallest absolute Gasteiger partial charge is 0.00979 e. The molecule has 0 nitrogen and oxygen atoms in total. The van der Waals surface area contributed by atoms with Crippen LogP contribution in [0.1, 0.15) is 32.6 Å². The highest BCUT2D eigenvalue weighted by Crippen LogP contribution is 2.00. The molecule has 0 radical (unpaired) electrons. The number of hydrogen-bond acceptors (Lipinski definition) is 1. The quantitative estimate of drug-likeness (QED) is 0.342. The lowest BCUT2D eigenvalue weighted by Gasteiger charge is -1.92. The fraction of sp³-hybridized carbons (Fsp3) is 0.750. The Hall–Kier alpha value is 0.0900. The maximum absolute atomic E-state index is 4.13. The molecule has 0 atom stereocenters. The van der Waals surface area contributed by atoms with Crippen LogP contribution in [0.3, 0.4) is 0 Å². The lowest BCUT2D eigenvalue weighted by molar-refractivity contribution is 0.735. The summed E-state index contributed by atoms with van der Waals surface area (Å²) in [4.78, 5) is 0. The van der Waals surface area contributed by atoms with Gasteiger partial charge in [0.2, 0.25) is 0 Å². The van der Waals surface area contributed by atoms with Gasteiger partial charge in [-0.25, -0.2) is 0 Å². The van der Waals surface area contributed by atoms with Gasteiger partial charge in [0.25, 0.3) is 0 Å². The summed E-state index contributed by atoms with van der Waals surface area (Å²) in [5, 5.41) is 0. The first-order valence-corrected chi connectivity index (χ1v) is 4.27. The van der Waals surface area contributed by atoms with Crippen LogP contribution in [0.2, 0.25) is 0 Å². The van der Waals surface area contributed by atoms with Crippen LogP contribution in [0.5, 0.6) is 0 Å². The van der Waals surface area contributed by atoms with E-state index in [1.165, 1.54) is 25.7 Å². The van der Waals surface area contributed by atoms with Crippen LogP contribution in [-0.2, 0) is 0 Å². The number of hydrogen-bond donors (Lipinski definition) is 1. The molecule has 0 aliphatic carbocycles. The normalized spacial score (nSPS) is 10.9. The molecule has 0 saturated carbocycles. The van der Waals surface area contributed by atoms with Crippen LogP contribution in [0, 0.1) is 0 Å². The van der Waals surface area contributed by atoms with Gasteiger partial charge in [-0.1, -0.05) is 18.6 Å². The van der Waals surface area contributed by atoms with Crippen LogP contribution in [-0.4, -0.2) is 5.75 Å². The van der Waals surface area contributed by atoms with E-state index in [9.17, 15) is 0 Å². The van der Waals surface area contributed by atoms with E-state index >= 15 is 0 Å². The highest BCUT2D eigenvalue weighted by atomic mass is 32.1. The molecule has 1 heteroatoms. The van der Waals surface area contributed by atoms with Crippen molar-refractivity contribution in [1.82, 2.24) is 0 Å². The molecule has 0 aromatic rings. The Kier molecular flexibility index (Phi) is 8.17. The minimum Gasteiger partial charge on any atom is -0.179 e. The second-order valence-electron chi connectivity index (χ2n) is 2.14. The summed E-state index contributed by atoms with van der Waals surface area (Å²) in [6.07, 6.45) is 9.49. The van der Waals surface area contributed by atoms with Gasteiger partial charge in [0, 0.05) is 0 Å². The third-order valence-electron chi connectivity index (χ3n) is 1.26. The van der Waals surface area contributed by atoms with Gasteiger partial charge < -0.3 is 0 Å². The highest BCUT2D eigenvalue weighted by molar-refractivity contribution is 7.80. The zero-order valence-corrected chi connectivity index (χ0v) is 7.03. The molecule has 0 aliphatic rings. The van der Waals surface area contributed by atoms with Crippen molar-refractivity contribution in [2.75, 3.05) is 5.75 Å². The van der Waals surface area contributed by atoms with Crippen LogP contribution in [0.15, 0.2) is 12.2 Å². The molecule has 0 amide bonds. The van der Waals surface area contributed by atoms with Crippen molar-refractivity contribution in [3.05, 3.63) is 12.2 Å². The molecule has 0 unspecified atom stereocenters. The second kappa shape index (κ2) is 8.09. The molecule has 0 heterocycles. The van der Waals surface area contributed by atoms with Gasteiger partial charge in [-0.3, -0.25) is 0 Å². The van der Waals surface area contributed by atoms with Crippen molar-refractivity contribution in [1.29, 1.82) is 0 Å². The average molecular weight is 144 g/mol. The van der Waals surface area contributed by atoms with Crippen molar-refractivity contribution in [2.24, 2.45) is 0 Å². The minimum absolute atomic E-state index is 1.04. The van der Waals surface area contributed by atoms with Gasteiger partial charge in [-0.15, -0.1) is 0 Å². The van der Waals surface area contributed by atoms with E-state index in [0.717, 1.165) is 5.75 Å². The predicted octanol–water partition coefficient (Wildman–Crippen LogP) is 3.05. The first kappa shape index (κ1) is 9.09. The SMILES string of the molecule is CC=CCCCCCS. The Morgan fingerprint density at radius 3 is 2.56 bits per heavy atom. The summed E-state index contributed by atoms with van der Waals surface area (Å²) in [6.45, 7) is 2.07. The number of thiol groups is 1. The third kappa shape index (κ3) is 8.09. The van der Waals surface area contributed by atoms with Crippen LogP contribution in [0.25, 0.3) is 0 Å². The van der Waals surface area contributed by atoms with Crippen molar-refractivity contribution in [2.45, 2.75) is 32.6 Å². The highest BCUT2D eigenvalue weighted by Gasteiger charge is 1.82. The summed E-state index contributed by atoms with van der Waals surface area (Å²) in [5.74, 6) is 1.04. The molecule has 54 valence electrons. The molecule has 9 heavy (non-hydrogen) atoms. The molecule has 0 aliphatic heterocycles. The fourth-order valence-corrected chi connectivity index (χ4v) is 0.941. The molecule has 0 rings (SSSR count). The monoisotopic (exact) mass is 144 g/mol. The third-order valence-corrected chi connectivity index (χ3v) is 1.58. The molecule has 0 saturated heterocycles. The maximum Gasteiger partial charge on any atom is -0.00979 e. The zero-order valence-electron chi connectivity index (χ0n) is 6.14. The number of unbranched alkanes of at least 4 members (excludes halogenated alkanes) is 3. The maximum atomic E-state index is 4.13. The molecule has 0 aromatic heterocycles. The molecule has 0 bridgehead atoms. The van der Waals surface area contributed by atoms with Gasteiger partial charge in [0.1, 0.15) is 0 Å². The standard InChI is InChI=1S/C8H16S/c1-2-3-4-5-6-7-8-9/h2-3,9H,4-8H2,1H3. The van der Waals surface area contributed by atoms with Crippen LogP contribution in [0.4, 0.5) is 0 Å². The van der Waals surface area contributed by atoms with E-state index in [1.54, 1.807) is 0 Å². The molecule has 0 aromatic carbocycles. The second-order valence-corrected chi connectivity index (χ2v) is 2.59. The average Bonchev–Trinajstić information content (AvgIpc) is 1.89. The van der Waals surface area contributed by atoms with Crippen molar-refractivity contribution < 1.29 is 0 Å². The number of allylic oxidation sites excluding steroid dienone is 2. The van der Waals surface area contributed by atoms with Crippen molar-refractivity contribution in [3.8, 4) is 0 Å². The summed E-state index contributed by atoms with van der Waals surface area (Å²) >= 11 is 4.13. The van der Waals surface area contributed by atoms with Crippen LogP contribution >= 0.6 is 12.6 Å². The van der Waals surface area contributed by atoms with Gasteiger partial charge in [-0.05, 0) is 31.9 Å². The first-order chi connectivity index (χ1) is 4.41. The zero-order chi connectivity index (χ0) is 6.95. The largest absolute Gasteiger partial charge is 0.179 e. The summed E-state index contributed by atoms with van der Waals surface area (Å²) in [7, 11) is 0. The van der Waals surface area contributed by atoms with E-state index in [-0.39, 0.29) is 0 Å². The Labute approximate surface area is 63.8 Å². The van der Waals surface area contributed by atoms with Gasteiger partial charge in [0.15, 0.2) is 0 Å². The molecule has 0 spiro atoms.